The molecule has 2 N–H and O–H groups in total. The summed E-state index contributed by atoms with van der Waals surface area (Å²) in [5.74, 6) is -6.48. The van der Waals surface area contributed by atoms with Crippen LogP contribution < -0.4 is 10.6 Å². The number of rotatable bonds is 5. The third-order valence-corrected chi connectivity index (χ3v) is 5.00. The zero-order valence-corrected chi connectivity index (χ0v) is 19.9. The second-order valence-corrected chi connectivity index (χ2v) is 7.93. The Morgan fingerprint density at radius 2 is 1.32 bits per heavy atom. The van der Waals surface area contributed by atoms with E-state index >= 15 is 0 Å². The Hall–Kier alpha value is -3.20. The largest absolute Gasteiger partial charge is 0.471 e. The van der Waals surface area contributed by atoms with Gasteiger partial charge in [-0.1, -0.05) is 29.3 Å². The minimum absolute atomic E-state index is 0.136. The first-order valence-electron chi connectivity index (χ1n) is 9.59. The second-order valence-electron chi connectivity index (χ2n) is 7.12. The summed E-state index contributed by atoms with van der Waals surface area (Å²) in [5, 5.41) is 13.3. The van der Waals surface area contributed by atoms with Crippen molar-refractivity contribution in [3.05, 3.63) is 73.3 Å². The van der Waals surface area contributed by atoms with E-state index in [4.69, 9.17) is 23.2 Å². The van der Waals surface area contributed by atoms with E-state index in [1.807, 2.05) is 0 Å². The predicted molar refractivity (Wildman–Crippen MR) is 115 cm³/mol. The predicted octanol–water partition coefficient (Wildman–Crippen LogP) is 6.35. The maximum atomic E-state index is 13.5. The molecule has 0 bridgehead atoms. The number of benzene rings is 2. The number of hydrogen-bond acceptors (Lipinski definition) is 4. The first-order valence-corrected chi connectivity index (χ1v) is 10.4. The number of halogens is 10. The van der Waals surface area contributed by atoms with E-state index in [-0.39, 0.29) is 10.6 Å². The minimum Gasteiger partial charge on any atom is -0.342 e. The van der Waals surface area contributed by atoms with Gasteiger partial charge in [0, 0.05) is 0 Å². The molecular weight excluding hydrogens is 569 g/mol. The molecule has 0 aromatic heterocycles. The number of nitrogens with one attached hydrogen (secondary N) is 2. The Bertz CT molecular complexity index is 1180. The molecule has 0 fully saturated rings. The van der Waals surface area contributed by atoms with E-state index in [1.54, 1.807) is 5.32 Å². The lowest BCUT2D eigenvalue weighted by Gasteiger charge is -2.16. The van der Waals surface area contributed by atoms with Gasteiger partial charge < -0.3 is 10.6 Å². The first-order chi connectivity index (χ1) is 16.8. The highest BCUT2D eigenvalue weighted by atomic mass is 35.5. The molecule has 0 spiro atoms. The van der Waals surface area contributed by atoms with Crippen LogP contribution in [-0.4, -0.2) is 29.1 Å². The monoisotopic (exact) mass is 583 g/mol. The van der Waals surface area contributed by atoms with Gasteiger partial charge in [-0.2, -0.15) is 30.7 Å². The van der Waals surface area contributed by atoms with Crippen LogP contribution in [-0.2, 0) is 9.59 Å². The molecule has 7 nitrogen and oxygen atoms in total. The Labute approximate surface area is 212 Å². The molecule has 204 valence electrons. The van der Waals surface area contributed by atoms with Crippen molar-refractivity contribution in [1.29, 1.82) is 0 Å². The highest BCUT2D eigenvalue weighted by Gasteiger charge is 2.40. The molecule has 2 unspecified atom stereocenters. The summed E-state index contributed by atoms with van der Waals surface area (Å²) in [4.78, 5) is 31.0. The van der Waals surface area contributed by atoms with Gasteiger partial charge in [0.05, 0.1) is 32.6 Å². The summed E-state index contributed by atoms with van der Waals surface area (Å²) in [5.41, 5.74) is -1.30. The van der Waals surface area contributed by atoms with Crippen molar-refractivity contribution in [2.45, 2.75) is 38.3 Å². The fourth-order valence-electron chi connectivity index (χ4n) is 2.59. The zero-order valence-electron chi connectivity index (χ0n) is 18.4. The van der Waals surface area contributed by atoms with Crippen LogP contribution in [0.15, 0.2) is 30.3 Å². The average Bonchev–Trinajstić information content (AvgIpc) is 2.76. The summed E-state index contributed by atoms with van der Waals surface area (Å²) in [6, 6.07) is 3.08. The van der Waals surface area contributed by atoms with Crippen molar-refractivity contribution in [2.24, 2.45) is 0 Å². The number of nitro benzene ring substituents is 1. The standard InChI is InChI=1S/C10H7ClF4N2O3.C10H8ClF4NO/c1-4(16-9(18)10(13,14)15)5-2-3-6(11)7(12)8(5)17(19)20;1-5(16-9(17)10(13,14)15)6-2-3-7(11)8(12)4-6/h2-4H,1H3,(H,16,18);2-5H,1H3,(H,16,17). The quantitative estimate of drug-likeness (QED) is 0.243. The molecule has 0 heterocycles. The first kappa shape index (κ1) is 31.8. The van der Waals surface area contributed by atoms with Crippen molar-refractivity contribution in [2.75, 3.05) is 0 Å². The number of hydrogen-bond donors (Lipinski definition) is 2. The van der Waals surface area contributed by atoms with Crippen molar-refractivity contribution in [1.82, 2.24) is 10.6 Å². The fraction of sp³-hybridized carbons (Fsp3) is 0.300. The molecule has 2 amide bonds. The van der Waals surface area contributed by atoms with Crippen LogP contribution in [0.3, 0.4) is 0 Å². The number of carbonyl (C=O) groups excluding carboxylic acids is 2. The Morgan fingerprint density at radius 1 is 0.865 bits per heavy atom. The lowest BCUT2D eigenvalue weighted by Crippen LogP contribution is -2.38. The van der Waals surface area contributed by atoms with Gasteiger partial charge in [-0.3, -0.25) is 19.7 Å². The molecule has 0 saturated carbocycles. The highest BCUT2D eigenvalue weighted by molar-refractivity contribution is 6.31. The zero-order chi connectivity index (χ0) is 28.9. The Morgan fingerprint density at radius 3 is 1.76 bits per heavy atom. The summed E-state index contributed by atoms with van der Waals surface area (Å²) in [6.07, 6.45) is -10.1. The van der Waals surface area contributed by atoms with Gasteiger partial charge in [-0.05, 0) is 43.7 Å². The highest BCUT2D eigenvalue weighted by Crippen LogP contribution is 2.32. The number of carbonyl (C=O) groups is 2. The van der Waals surface area contributed by atoms with E-state index in [1.165, 1.54) is 24.4 Å². The lowest BCUT2D eigenvalue weighted by molar-refractivity contribution is -0.388. The number of alkyl halides is 6. The summed E-state index contributed by atoms with van der Waals surface area (Å²) in [7, 11) is 0. The maximum Gasteiger partial charge on any atom is 0.471 e. The average molecular weight is 584 g/mol. The molecule has 37 heavy (non-hydrogen) atoms. The molecule has 0 aliphatic heterocycles. The summed E-state index contributed by atoms with van der Waals surface area (Å²) >= 11 is 10.8. The molecular formula is C20H15Cl2F8N3O4. The van der Waals surface area contributed by atoms with E-state index < -0.39 is 69.1 Å². The van der Waals surface area contributed by atoms with Crippen LogP contribution in [0.4, 0.5) is 40.8 Å². The smallest absolute Gasteiger partial charge is 0.342 e. The summed E-state index contributed by atoms with van der Waals surface area (Å²) in [6.45, 7) is 2.37. The number of amides is 2. The Balaban J connectivity index is 0.000000375. The van der Waals surface area contributed by atoms with Gasteiger partial charge in [0.1, 0.15) is 5.82 Å². The van der Waals surface area contributed by atoms with E-state index in [0.717, 1.165) is 25.1 Å². The lowest BCUT2D eigenvalue weighted by atomic mass is 10.1. The van der Waals surface area contributed by atoms with Gasteiger partial charge in [-0.25, -0.2) is 4.39 Å². The minimum atomic E-state index is -5.14. The van der Waals surface area contributed by atoms with Gasteiger partial charge in [0.2, 0.25) is 5.82 Å². The van der Waals surface area contributed by atoms with Crippen LogP contribution in [0.25, 0.3) is 0 Å². The molecule has 2 atom stereocenters. The molecule has 17 heteroatoms. The van der Waals surface area contributed by atoms with Crippen LogP contribution >= 0.6 is 23.2 Å². The third-order valence-electron chi connectivity index (χ3n) is 4.40. The van der Waals surface area contributed by atoms with E-state index in [2.05, 4.69) is 0 Å². The van der Waals surface area contributed by atoms with Crippen LogP contribution in [0, 0.1) is 21.7 Å². The maximum absolute atomic E-state index is 13.5. The molecule has 2 aromatic rings. The van der Waals surface area contributed by atoms with Crippen LogP contribution in [0.1, 0.15) is 37.1 Å². The molecule has 0 aliphatic rings. The van der Waals surface area contributed by atoms with Gasteiger partial charge in [0.25, 0.3) is 0 Å². The molecule has 2 rings (SSSR count). The van der Waals surface area contributed by atoms with Gasteiger partial charge >= 0.3 is 29.9 Å². The molecule has 2 aromatic carbocycles. The van der Waals surface area contributed by atoms with Crippen molar-refractivity contribution in [3.63, 3.8) is 0 Å². The SMILES string of the molecule is CC(NC(=O)C(F)(F)F)c1ccc(Cl)c(F)c1.CC(NC(=O)C(F)(F)F)c1ccc(Cl)c(F)c1[N+](=O)[O-]. The van der Waals surface area contributed by atoms with E-state index in [9.17, 15) is 54.8 Å². The Kier molecular flexibility index (Phi) is 10.6. The summed E-state index contributed by atoms with van der Waals surface area (Å²) < 4.78 is 98.7. The molecule has 0 aliphatic carbocycles. The van der Waals surface area contributed by atoms with Gasteiger partial charge in [0.15, 0.2) is 0 Å². The topological polar surface area (TPSA) is 101 Å². The van der Waals surface area contributed by atoms with Crippen molar-refractivity contribution >= 4 is 40.7 Å². The molecule has 0 saturated heterocycles. The second kappa shape index (κ2) is 12.4. The van der Waals surface area contributed by atoms with Crippen molar-refractivity contribution in [3.8, 4) is 0 Å². The normalized spacial score (nSPS) is 13.1. The van der Waals surface area contributed by atoms with E-state index in [0.29, 0.717) is 0 Å². The number of nitro groups is 1. The third kappa shape index (κ3) is 9.00. The van der Waals surface area contributed by atoms with Crippen LogP contribution in [0.5, 0.6) is 0 Å². The van der Waals surface area contributed by atoms with Crippen LogP contribution in [0.2, 0.25) is 10.0 Å². The van der Waals surface area contributed by atoms with Gasteiger partial charge in [-0.15, -0.1) is 0 Å². The fourth-order valence-corrected chi connectivity index (χ4v) is 2.86. The number of nitrogens with zero attached hydrogens (tertiary/aromatic N) is 1. The van der Waals surface area contributed by atoms with Crippen molar-refractivity contribution < 1.29 is 49.6 Å². The molecule has 0 radical (unpaired) electrons.